The molecule has 0 amide bonds. The largest absolute Gasteiger partial charge is 0.240 e. The summed E-state index contributed by atoms with van der Waals surface area (Å²) in [7, 11) is 0. The number of isocyanates is 1. The zero-order chi connectivity index (χ0) is 12.0. The van der Waals surface area contributed by atoms with Gasteiger partial charge in [0.1, 0.15) is 0 Å². The lowest BCUT2D eigenvalue weighted by molar-refractivity contribution is 0.365. The number of aliphatic imine (C=N–C) groups is 1. The molecule has 1 aromatic carbocycles. The molecule has 16 heavy (non-hydrogen) atoms. The summed E-state index contributed by atoms with van der Waals surface area (Å²) in [5.74, 6) is 0. The molecule has 2 heteroatoms. The van der Waals surface area contributed by atoms with Crippen molar-refractivity contribution in [2.75, 3.05) is 0 Å². The molecule has 0 atom stereocenters. The molecule has 0 N–H and O–H groups in total. The Morgan fingerprint density at radius 3 is 2.69 bits per heavy atom. The summed E-state index contributed by atoms with van der Waals surface area (Å²) in [5.41, 5.74) is 2.32. The number of benzene rings is 1. The highest BCUT2D eigenvalue weighted by Crippen LogP contribution is 2.22. The quantitative estimate of drug-likeness (QED) is 0.553. The van der Waals surface area contributed by atoms with Gasteiger partial charge in [0, 0.05) is 0 Å². The Kier molecular flexibility index (Phi) is 4.45. The van der Waals surface area contributed by atoms with E-state index < -0.39 is 0 Å². The smallest absolute Gasteiger partial charge is 0.211 e. The lowest BCUT2D eigenvalue weighted by Crippen LogP contribution is -2.04. The Morgan fingerprint density at radius 1 is 1.31 bits per heavy atom. The van der Waals surface area contributed by atoms with Crippen molar-refractivity contribution in [3.05, 3.63) is 29.8 Å². The van der Waals surface area contributed by atoms with Crippen molar-refractivity contribution in [3.8, 4) is 0 Å². The maximum absolute atomic E-state index is 10.1. The summed E-state index contributed by atoms with van der Waals surface area (Å²) in [4.78, 5) is 13.8. The van der Waals surface area contributed by atoms with Crippen molar-refractivity contribution >= 4 is 11.8 Å². The molecule has 0 unspecified atom stereocenters. The van der Waals surface area contributed by atoms with Gasteiger partial charge in [-0.05, 0) is 42.4 Å². The Bertz CT molecular complexity index is 384. The van der Waals surface area contributed by atoms with Gasteiger partial charge < -0.3 is 0 Å². The molecule has 0 heterocycles. The summed E-state index contributed by atoms with van der Waals surface area (Å²) in [6.07, 6.45) is 4.97. The first-order chi connectivity index (χ1) is 7.51. The average Bonchev–Trinajstić information content (AvgIpc) is 2.17. The van der Waals surface area contributed by atoms with Crippen molar-refractivity contribution in [2.45, 2.75) is 40.0 Å². The third-order valence-electron chi connectivity index (χ3n) is 2.48. The lowest BCUT2D eigenvalue weighted by Gasteiger charge is -2.17. The van der Waals surface area contributed by atoms with Gasteiger partial charge in [-0.2, -0.15) is 4.99 Å². The fraction of sp³-hybridized carbons (Fsp3) is 0.500. The molecule has 86 valence electrons. The van der Waals surface area contributed by atoms with Crippen molar-refractivity contribution in [2.24, 2.45) is 10.4 Å². The van der Waals surface area contributed by atoms with Gasteiger partial charge >= 0.3 is 0 Å². The predicted molar refractivity (Wildman–Crippen MR) is 66.6 cm³/mol. The van der Waals surface area contributed by atoms with Gasteiger partial charge in [0.15, 0.2) is 0 Å². The van der Waals surface area contributed by atoms with Crippen LogP contribution in [0.5, 0.6) is 0 Å². The molecule has 0 saturated carbocycles. The molecule has 0 fully saturated rings. The Balaban J connectivity index is 2.54. The fourth-order valence-electron chi connectivity index (χ4n) is 1.66. The van der Waals surface area contributed by atoms with Gasteiger partial charge in [0.05, 0.1) is 5.69 Å². The number of hydrogen-bond acceptors (Lipinski definition) is 2. The van der Waals surface area contributed by atoms with Crippen LogP contribution in [0.2, 0.25) is 0 Å². The summed E-state index contributed by atoms with van der Waals surface area (Å²) in [5, 5.41) is 0. The topological polar surface area (TPSA) is 29.4 Å². The number of hydrogen-bond donors (Lipinski definition) is 0. The van der Waals surface area contributed by atoms with Crippen molar-refractivity contribution in [3.63, 3.8) is 0 Å². The Labute approximate surface area is 97.4 Å². The fourth-order valence-corrected chi connectivity index (χ4v) is 1.66. The second-order valence-electron chi connectivity index (χ2n) is 5.29. The minimum Gasteiger partial charge on any atom is -0.211 e. The molecule has 0 radical (unpaired) electrons. The van der Waals surface area contributed by atoms with Crippen LogP contribution in [0.4, 0.5) is 5.69 Å². The van der Waals surface area contributed by atoms with E-state index in [2.05, 4.69) is 31.8 Å². The van der Waals surface area contributed by atoms with Crippen molar-refractivity contribution < 1.29 is 4.79 Å². The van der Waals surface area contributed by atoms with Gasteiger partial charge in [-0.1, -0.05) is 32.9 Å². The molecule has 0 aliphatic heterocycles. The Morgan fingerprint density at radius 2 is 2.06 bits per heavy atom. The minimum atomic E-state index is 0.387. The van der Waals surface area contributed by atoms with Crippen LogP contribution in [-0.2, 0) is 11.2 Å². The third-order valence-corrected chi connectivity index (χ3v) is 2.48. The first kappa shape index (κ1) is 12.7. The standard InChI is InChI=1S/C14H19NO/c1-14(2,3)9-5-7-12-6-4-8-13(10-12)15-11-16/h4,6,8,10H,5,7,9H2,1-3H3. The lowest BCUT2D eigenvalue weighted by atomic mass is 9.89. The summed E-state index contributed by atoms with van der Waals surface area (Å²) >= 11 is 0. The first-order valence-corrected chi connectivity index (χ1v) is 5.68. The van der Waals surface area contributed by atoms with Crippen molar-refractivity contribution in [1.82, 2.24) is 0 Å². The van der Waals surface area contributed by atoms with Gasteiger partial charge in [-0.25, -0.2) is 4.79 Å². The normalized spacial score (nSPS) is 10.9. The van der Waals surface area contributed by atoms with E-state index in [0.29, 0.717) is 11.1 Å². The summed E-state index contributed by atoms with van der Waals surface area (Å²) in [6, 6.07) is 7.78. The van der Waals surface area contributed by atoms with E-state index in [9.17, 15) is 4.79 Å². The van der Waals surface area contributed by atoms with Crippen LogP contribution in [0.15, 0.2) is 29.3 Å². The van der Waals surface area contributed by atoms with Crippen LogP contribution >= 0.6 is 0 Å². The van der Waals surface area contributed by atoms with Gasteiger partial charge in [0.2, 0.25) is 6.08 Å². The summed E-state index contributed by atoms with van der Waals surface area (Å²) < 4.78 is 0. The van der Waals surface area contributed by atoms with E-state index in [-0.39, 0.29) is 0 Å². The van der Waals surface area contributed by atoms with Crippen LogP contribution in [0.1, 0.15) is 39.2 Å². The highest BCUT2D eigenvalue weighted by atomic mass is 16.1. The monoisotopic (exact) mass is 217 g/mol. The molecular formula is C14H19NO. The highest BCUT2D eigenvalue weighted by molar-refractivity contribution is 5.49. The van der Waals surface area contributed by atoms with E-state index in [0.717, 1.165) is 12.8 Å². The van der Waals surface area contributed by atoms with Gasteiger partial charge in [-0.3, -0.25) is 0 Å². The molecule has 0 aliphatic rings. The van der Waals surface area contributed by atoms with Crippen LogP contribution in [0.25, 0.3) is 0 Å². The van der Waals surface area contributed by atoms with E-state index in [1.807, 2.05) is 18.2 Å². The minimum absolute atomic E-state index is 0.387. The first-order valence-electron chi connectivity index (χ1n) is 5.68. The van der Waals surface area contributed by atoms with Crippen molar-refractivity contribution in [1.29, 1.82) is 0 Å². The molecule has 1 rings (SSSR count). The van der Waals surface area contributed by atoms with Crippen LogP contribution in [0.3, 0.4) is 0 Å². The van der Waals surface area contributed by atoms with Gasteiger partial charge in [0.25, 0.3) is 0 Å². The van der Waals surface area contributed by atoms with E-state index in [1.165, 1.54) is 12.0 Å². The molecule has 2 nitrogen and oxygen atoms in total. The second kappa shape index (κ2) is 5.62. The van der Waals surface area contributed by atoms with Crippen LogP contribution in [0, 0.1) is 5.41 Å². The average molecular weight is 217 g/mol. The number of carbonyl (C=O) groups excluding carboxylic acids is 1. The second-order valence-corrected chi connectivity index (χ2v) is 5.29. The summed E-state index contributed by atoms with van der Waals surface area (Å²) in [6.45, 7) is 6.75. The van der Waals surface area contributed by atoms with Gasteiger partial charge in [-0.15, -0.1) is 0 Å². The molecular weight excluding hydrogens is 198 g/mol. The molecule has 1 aromatic rings. The molecule has 0 spiro atoms. The predicted octanol–water partition coefficient (Wildman–Crippen LogP) is 4.02. The SMILES string of the molecule is CC(C)(C)CCCc1cccc(N=C=O)c1. The van der Waals surface area contributed by atoms with E-state index in [4.69, 9.17) is 0 Å². The Hall–Kier alpha value is -1.40. The van der Waals surface area contributed by atoms with E-state index in [1.54, 1.807) is 6.08 Å². The van der Waals surface area contributed by atoms with Crippen LogP contribution < -0.4 is 0 Å². The maximum Gasteiger partial charge on any atom is 0.240 e. The maximum atomic E-state index is 10.1. The van der Waals surface area contributed by atoms with Crippen LogP contribution in [-0.4, -0.2) is 6.08 Å². The molecule has 0 bridgehead atoms. The highest BCUT2D eigenvalue weighted by Gasteiger charge is 2.09. The number of aryl methyl sites for hydroxylation is 1. The zero-order valence-corrected chi connectivity index (χ0v) is 10.3. The number of nitrogens with zero attached hydrogens (tertiary/aromatic N) is 1. The zero-order valence-electron chi connectivity index (χ0n) is 10.3. The molecule has 0 aromatic heterocycles. The number of rotatable bonds is 4. The molecule has 0 aliphatic carbocycles. The van der Waals surface area contributed by atoms with E-state index >= 15 is 0 Å². The molecule has 0 saturated heterocycles. The third kappa shape index (κ3) is 4.90.